The Morgan fingerprint density at radius 1 is 1.12 bits per heavy atom. The van der Waals surface area contributed by atoms with Gasteiger partial charge in [0.2, 0.25) is 10.0 Å². The summed E-state index contributed by atoms with van der Waals surface area (Å²) < 4.78 is 23.7. The first-order chi connectivity index (χ1) is 12.5. The number of rotatable bonds is 5. The summed E-state index contributed by atoms with van der Waals surface area (Å²) in [5.41, 5.74) is 4.10. The van der Waals surface area contributed by atoms with Crippen molar-refractivity contribution in [2.24, 2.45) is 5.14 Å². The van der Waals surface area contributed by atoms with Crippen molar-refractivity contribution >= 4 is 21.2 Å². The zero-order chi connectivity index (χ0) is 18.1. The van der Waals surface area contributed by atoms with Crippen LogP contribution in [0.4, 0.5) is 0 Å². The van der Waals surface area contributed by atoms with Gasteiger partial charge in [-0.05, 0) is 24.1 Å². The first-order valence-electron chi connectivity index (χ1n) is 7.78. The fourth-order valence-electron chi connectivity index (χ4n) is 2.63. The highest BCUT2D eigenvalue weighted by molar-refractivity contribution is 7.89. The molecule has 4 heterocycles. The summed E-state index contributed by atoms with van der Waals surface area (Å²) in [5, 5.41) is 9.37. The van der Waals surface area contributed by atoms with Gasteiger partial charge >= 0.3 is 0 Å². The van der Waals surface area contributed by atoms with Gasteiger partial charge in [-0.1, -0.05) is 6.07 Å². The number of hydrogen-bond acceptors (Lipinski definition) is 6. The van der Waals surface area contributed by atoms with E-state index in [9.17, 15) is 8.42 Å². The maximum Gasteiger partial charge on any atom is 0.209 e. The summed E-state index contributed by atoms with van der Waals surface area (Å²) in [4.78, 5) is 15.8. The van der Waals surface area contributed by atoms with Crippen LogP contribution < -0.4 is 5.14 Å². The van der Waals surface area contributed by atoms with Crippen LogP contribution in [0.2, 0.25) is 0 Å². The van der Waals surface area contributed by atoms with Crippen molar-refractivity contribution in [2.45, 2.75) is 6.42 Å². The summed E-state index contributed by atoms with van der Waals surface area (Å²) in [6.45, 7) is 0. The zero-order valence-electron chi connectivity index (χ0n) is 13.6. The van der Waals surface area contributed by atoms with E-state index in [0.717, 1.165) is 22.2 Å². The Kier molecular flexibility index (Phi) is 3.98. The summed E-state index contributed by atoms with van der Waals surface area (Å²) in [6.07, 6.45) is 8.86. The predicted molar refractivity (Wildman–Crippen MR) is 95.9 cm³/mol. The lowest BCUT2D eigenvalue weighted by atomic mass is 10.1. The van der Waals surface area contributed by atoms with Crippen molar-refractivity contribution in [1.29, 1.82) is 0 Å². The van der Waals surface area contributed by atoms with Gasteiger partial charge in [-0.3, -0.25) is 0 Å². The SMILES string of the molecule is NS(=O)(=O)CCc1ccc(-n2cc(-c3ccnc4[nH]cnc34)cn2)nc1. The first kappa shape index (κ1) is 16.4. The van der Waals surface area contributed by atoms with Gasteiger partial charge in [0.15, 0.2) is 11.5 Å². The van der Waals surface area contributed by atoms with E-state index in [-0.39, 0.29) is 5.75 Å². The highest BCUT2D eigenvalue weighted by atomic mass is 32.2. The number of primary sulfonamides is 1. The molecule has 3 N–H and O–H groups in total. The maximum absolute atomic E-state index is 11.0. The molecular formula is C16H15N7O2S. The fourth-order valence-corrected chi connectivity index (χ4v) is 3.15. The van der Waals surface area contributed by atoms with Gasteiger partial charge in [0, 0.05) is 29.7 Å². The van der Waals surface area contributed by atoms with E-state index >= 15 is 0 Å². The molecule has 0 aliphatic carbocycles. The topological polar surface area (TPSA) is 132 Å². The standard InChI is InChI=1S/C16H15N7O2S/c17-26(24,25)6-4-11-1-2-14(19-7-11)23-9-12(8-22-23)13-3-5-18-16-15(13)20-10-21-16/h1-3,5,7-10H,4,6H2,(H2,17,24,25)(H,18,20,21). The van der Waals surface area contributed by atoms with Gasteiger partial charge in [0.1, 0.15) is 5.52 Å². The van der Waals surface area contributed by atoms with Crippen molar-refractivity contribution in [3.05, 3.63) is 54.9 Å². The van der Waals surface area contributed by atoms with Crippen LogP contribution in [0.25, 0.3) is 28.1 Å². The molecule has 0 saturated heterocycles. The molecule has 0 aliphatic heterocycles. The number of nitrogens with one attached hydrogen (secondary N) is 1. The largest absolute Gasteiger partial charge is 0.329 e. The number of H-pyrrole nitrogens is 1. The normalized spacial score (nSPS) is 11.9. The molecule has 26 heavy (non-hydrogen) atoms. The van der Waals surface area contributed by atoms with E-state index in [4.69, 9.17) is 5.14 Å². The molecule has 0 atom stereocenters. The van der Waals surface area contributed by atoms with E-state index in [1.807, 2.05) is 18.3 Å². The Labute approximate surface area is 149 Å². The van der Waals surface area contributed by atoms with Crippen LogP contribution in [-0.4, -0.2) is 43.9 Å². The number of pyridine rings is 2. The third-order valence-electron chi connectivity index (χ3n) is 3.93. The molecule has 0 saturated carbocycles. The van der Waals surface area contributed by atoms with Crippen LogP contribution in [0.3, 0.4) is 0 Å². The Bertz CT molecular complexity index is 1160. The third-order valence-corrected chi connectivity index (χ3v) is 4.71. The molecular weight excluding hydrogens is 354 g/mol. The lowest BCUT2D eigenvalue weighted by Crippen LogP contribution is -2.18. The molecule has 0 unspecified atom stereocenters. The minimum Gasteiger partial charge on any atom is -0.329 e. The molecule has 4 aromatic rings. The van der Waals surface area contributed by atoms with Crippen LogP contribution in [0.15, 0.2) is 49.3 Å². The second-order valence-electron chi connectivity index (χ2n) is 5.77. The molecule has 0 fully saturated rings. The highest BCUT2D eigenvalue weighted by Crippen LogP contribution is 2.25. The number of nitrogens with two attached hydrogens (primary N) is 1. The first-order valence-corrected chi connectivity index (χ1v) is 9.50. The van der Waals surface area contributed by atoms with Gasteiger partial charge < -0.3 is 4.98 Å². The van der Waals surface area contributed by atoms with E-state index in [0.29, 0.717) is 17.9 Å². The fraction of sp³-hybridized carbons (Fsp3) is 0.125. The minimum atomic E-state index is -3.48. The van der Waals surface area contributed by atoms with Crippen molar-refractivity contribution < 1.29 is 8.42 Å². The van der Waals surface area contributed by atoms with Gasteiger partial charge in [-0.15, -0.1) is 0 Å². The molecule has 10 heteroatoms. The second kappa shape index (κ2) is 6.32. The summed E-state index contributed by atoms with van der Waals surface area (Å²) in [7, 11) is -3.48. The molecule has 9 nitrogen and oxygen atoms in total. The number of imidazole rings is 1. The third kappa shape index (κ3) is 3.32. The number of hydrogen-bond donors (Lipinski definition) is 2. The maximum atomic E-state index is 11.0. The number of aromatic amines is 1. The quantitative estimate of drug-likeness (QED) is 0.540. The average Bonchev–Trinajstić information content (AvgIpc) is 3.29. The number of aromatic nitrogens is 6. The molecule has 0 aromatic carbocycles. The second-order valence-corrected chi connectivity index (χ2v) is 7.51. The lowest BCUT2D eigenvalue weighted by molar-refractivity contribution is 0.597. The summed E-state index contributed by atoms with van der Waals surface area (Å²) in [6, 6.07) is 5.48. The number of nitrogens with zero attached hydrogens (tertiary/aromatic N) is 5. The molecule has 0 spiro atoms. The van der Waals surface area contributed by atoms with Crippen LogP contribution >= 0.6 is 0 Å². The molecule has 4 rings (SSSR count). The summed E-state index contributed by atoms with van der Waals surface area (Å²) in [5.74, 6) is 0.518. The van der Waals surface area contributed by atoms with Crippen molar-refractivity contribution in [1.82, 2.24) is 29.7 Å². The molecule has 0 radical (unpaired) electrons. The molecule has 132 valence electrons. The Hall–Kier alpha value is -3.11. The molecule has 0 bridgehead atoms. The van der Waals surface area contributed by atoms with Gasteiger partial charge in [0.25, 0.3) is 0 Å². The van der Waals surface area contributed by atoms with Gasteiger partial charge in [-0.2, -0.15) is 5.10 Å². The van der Waals surface area contributed by atoms with Crippen LogP contribution in [0, 0.1) is 0 Å². The number of sulfonamides is 1. The van der Waals surface area contributed by atoms with Crippen molar-refractivity contribution in [3.63, 3.8) is 0 Å². The lowest BCUT2D eigenvalue weighted by Gasteiger charge is -2.03. The van der Waals surface area contributed by atoms with Crippen LogP contribution in [0.1, 0.15) is 5.56 Å². The summed E-state index contributed by atoms with van der Waals surface area (Å²) >= 11 is 0. The van der Waals surface area contributed by atoms with Crippen molar-refractivity contribution in [3.8, 4) is 16.9 Å². The van der Waals surface area contributed by atoms with E-state index in [1.165, 1.54) is 0 Å². The van der Waals surface area contributed by atoms with E-state index in [1.54, 1.807) is 35.7 Å². The van der Waals surface area contributed by atoms with Crippen LogP contribution in [0.5, 0.6) is 0 Å². The molecule has 4 aromatic heterocycles. The van der Waals surface area contributed by atoms with Crippen molar-refractivity contribution in [2.75, 3.05) is 5.75 Å². The monoisotopic (exact) mass is 369 g/mol. The molecule has 0 amide bonds. The van der Waals surface area contributed by atoms with E-state index in [2.05, 4.69) is 25.0 Å². The van der Waals surface area contributed by atoms with Crippen LogP contribution in [-0.2, 0) is 16.4 Å². The number of aryl methyl sites for hydroxylation is 1. The molecule has 0 aliphatic rings. The zero-order valence-corrected chi connectivity index (χ0v) is 14.4. The Balaban J connectivity index is 1.59. The van der Waals surface area contributed by atoms with Gasteiger partial charge in [0.05, 0.1) is 18.3 Å². The Morgan fingerprint density at radius 2 is 2.00 bits per heavy atom. The average molecular weight is 369 g/mol. The minimum absolute atomic E-state index is 0.109. The number of fused-ring (bicyclic) bond motifs is 1. The Morgan fingerprint density at radius 3 is 2.77 bits per heavy atom. The smallest absolute Gasteiger partial charge is 0.209 e. The predicted octanol–water partition coefficient (Wildman–Crippen LogP) is 1.04. The van der Waals surface area contributed by atoms with E-state index < -0.39 is 10.0 Å². The highest BCUT2D eigenvalue weighted by Gasteiger charge is 2.10. The van der Waals surface area contributed by atoms with Gasteiger partial charge in [-0.25, -0.2) is 33.2 Å².